The standard InChI is InChI=1S/C20H17ClFN5/c1-12-7-13(2)27(26-12)18-9-17(24-11-25-18)8-15-10-23-20(19(15)21)14-3-5-16(22)6-4-14/h3-7,9,11H,8,10H2,1-2H3. The fraction of sp³-hybridized carbons (Fsp3) is 0.200. The van der Waals surface area contributed by atoms with Crippen LogP contribution in [0.5, 0.6) is 0 Å². The average Bonchev–Trinajstić information content (AvgIpc) is 3.18. The van der Waals surface area contributed by atoms with Gasteiger partial charge in [0.2, 0.25) is 0 Å². The molecular weight excluding hydrogens is 365 g/mol. The van der Waals surface area contributed by atoms with Gasteiger partial charge in [0.05, 0.1) is 28.7 Å². The van der Waals surface area contributed by atoms with E-state index in [0.29, 0.717) is 23.7 Å². The Kier molecular flexibility index (Phi) is 4.58. The minimum atomic E-state index is -0.282. The number of aromatic nitrogens is 4. The van der Waals surface area contributed by atoms with E-state index in [4.69, 9.17) is 11.6 Å². The van der Waals surface area contributed by atoms with Crippen molar-refractivity contribution in [2.24, 2.45) is 4.99 Å². The molecule has 0 unspecified atom stereocenters. The summed E-state index contributed by atoms with van der Waals surface area (Å²) < 4.78 is 14.9. The molecule has 0 aliphatic carbocycles. The molecule has 1 aliphatic rings. The average molecular weight is 382 g/mol. The molecule has 27 heavy (non-hydrogen) atoms. The van der Waals surface area contributed by atoms with Crippen LogP contribution in [-0.4, -0.2) is 32.0 Å². The SMILES string of the molecule is Cc1cc(C)n(-c2cc(CC3=C(Cl)C(c4ccc(F)cc4)=NC3)ncn2)n1. The van der Waals surface area contributed by atoms with Gasteiger partial charge in [-0.3, -0.25) is 4.99 Å². The summed E-state index contributed by atoms with van der Waals surface area (Å²) in [6, 6.07) is 10.1. The normalized spacial score (nSPS) is 14.0. The summed E-state index contributed by atoms with van der Waals surface area (Å²) in [6.07, 6.45) is 2.11. The molecule has 0 saturated heterocycles. The smallest absolute Gasteiger partial charge is 0.157 e. The van der Waals surface area contributed by atoms with E-state index in [0.717, 1.165) is 34.0 Å². The van der Waals surface area contributed by atoms with Crippen LogP contribution in [0.4, 0.5) is 4.39 Å². The van der Waals surface area contributed by atoms with Gasteiger partial charge in [-0.15, -0.1) is 0 Å². The lowest BCUT2D eigenvalue weighted by Crippen LogP contribution is -2.05. The Morgan fingerprint density at radius 2 is 1.89 bits per heavy atom. The number of aryl methyl sites for hydroxylation is 2. The van der Waals surface area contributed by atoms with E-state index in [1.165, 1.54) is 18.5 Å². The van der Waals surface area contributed by atoms with Crippen LogP contribution in [0, 0.1) is 19.7 Å². The largest absolute Gasteiger partial charge is 0.279 e. The second kappa shape index (κ2) is 7.04. The maximum Gasteiger partial charge on any atom is 0.157 e. The molecule has 0 saturated carbocycles. The van der Waals surface area contributed by atoms with Crippen LogP contribution < -0.4 is 0 Å². The Morgan fingerprint density at radius 1 is 1.11 bits per heavy atom. The minimum Gasteiger partial charge on any atom is -0.279 e. The number of rotatable bonds is 4. The van der Waals surface area contributed by atoms with Gasteiger partial charge in [-0.2, -0.15) is 5.10 Å². The summed E-state index contributed by atoms with van der Waals surface area (Å²) in [6.45, 7) is 4.44. The van der Waals surface area contributed by atoms with Crippen molar-refractivity contribution in [2.75, 3.05) is 6.54 Å². The Bertz CT molecular complexity index is 1070. The second-order valence-electron chi connectivity index (χ2n) is 6.47. The summed E-state index contributed by atoms with van der Waals surface area (Å²) in [7, 11) is 0. The topological polar surface area (TPSA) is 56.0 Å². The quantitative estimate of drug-likeness (QED) is 0.687. The van der Waals surface area contributed by atoms with Crippen molar-refractivity contribution in [1.82, 2.24) is 19.7 Å². The van der Waals surface area contributed by atoms with Crippen LogP contribution in [0.2, 0.25) is 0 Å². The van der Waals surface area contributed by atoms with E-state index in [1.807, 2.05) is 26.0 Å². The van der Waals surface area contributed by atoms with E-state index in [1.54, 1.807) is 16.8 Å². The molecule has 0 atom stereocenters. The molecular formula is C20H17ClFN5. The van der Waals surface area contributed by atoms with Crippen LogP contribution in [-0.2, 0) is 6.42 Å². The molecule has 0 N–H and O–H groups in total. The van der Waals surface area contributed by atoms with Gasteiger partial charge in [-0.05, 0) is 49.8 Å². The summed E-state index contributed by atoms with van der Waals surface area (Å²) in [4.78, 5) is 13.2. The lowest BCUT2D eigenvalue weighted by Gasteiger charge is -2.07. The first-order valence-corrected chi connectivity index (χ1v) is 8.92. The first kappa shape index (κ1) is 17.5. The fourth-order valence-electron chi connectivity index (χ4n) is 3.12. The highest BCUT2D eigenvalue weighted by atomic mass is 35.5. The number of nitrogens with zero attached hydrogens (tertiary/aromatic N) is 5. The zero-order chi connectivity index (χ0) is 19.0. The number of halogens is 2. The van der Waals surface area contributed by atoms with Crippen molar-refractivity contribution in [3.8, 4) is 5.82 Å². The summed E-state index contributed by atoms with van der Waals surface area (Å²) in [5, 5.41) is 5.07. The molecule has 0 radical (unpaired) electrons. The van der Waals surface area contributed by atoms with Gasteiger partial charge in [0.25, 0.3) is 0 Å². The van der Waals surface area contributed by atoms with E-state index in [2.05, 4.69) is 20.1 Å². The van der Waals surface area contributed by atoms with E-state index < -0.39 is 0 Å². The molecule has 3 heterocycles. The van der Waals surface area contributed by atoms with E-state index >= 15 is 0 Å². The summed E-state index contributed by atoms with van der Waals surface area (Å²) in [5.74, 6) is 0.440. The van der Waals surface area contributed by atoms with Gasteiger partial charge < -0.3 is 0 Å². The van der Waals surface area contributed by atoms with E-state index in [9.17, 15) is 4.39 Å². The molecule has 136 valence electrons. The maximum absolute atomic E-state index is 13.1. The number of allylic oxidation sites excluding steroid dienone is 1. The molecule has 1 aliphatic heterocycles. The van der Waals surface area contributed by atoms with Crippen molar-refractivity contribution in [3.05, 3.63) is 81.8 Å². The lowest BCUT2D eigenvalue weighted by atomic mass is 10.1. The molecule has 0 bridgehead atoms. The zero-order valence-electron chi connectivity index (χ0n) is 14.9. The highest BCUT2D eigenvalue weighted by Crippen LogP contribution is 2.26. The van der Waals surface area contributed by atoms with Crippen LogP contribution in [0.3, 0.4) is 0 Å². The Morgan fingerprint density at radius 3 is 2.59 bits per heavy atom. The number of benzene rings is 1. The molecule has 0 amide bonds. The molecule has 0 fully saturated rings. The molecule has 4 rings (SSSR count). The zero-order valence-corrected chi connectivity index (χ0v) is 15.7. The predicted octanol–water partition coefficient (Wildman–Crippen LogP) is 3.96. The Hall–Kier alpha value is -2.86. The van der Waals surface area contributed by atoms with Crippen molar-refractivity contribution in [1.29, 1.82) is 0 Å². The third-order valence-electron chi connectivity index (χ3n) is 4.39. The molecule has 7 heteroatoms. The van der Waals surface area contributed by atoms with Gasteiger partial charge in [-0.25, -0.2) is 19.0 Å². The number of aliphatic imine (C=N–C) groups is 1. The second-order valence-corrected chi connectivity index (χ2v) is 6.85. The van der Waals surface area contributed by atoms with Crippen LogP contribution >= 0.6 is 11.6 Å². The third-order valence-corrected chi connectivity index (χ3v) is 4.84. The highest BCUT2D eigenvalue weighted by Gasteiger charge is 2.20. The first-order valence-electron chi connectivity index (χ1n) is 8.54. The molecule has 3 aromatic rings. The Labute approximate surface area is 161 Å². The molecule has 0 spiro atoms. The monoisotopic (exact) mass is 381 g/mol. The van der Waals surface area contributed by atoms with Crippen molar-refractivity contribution >= 4 is 17.3 Å². The predicted molar refractivity (Wildman–Crippen MR) is 103 cm³/mol. The van der Waals surface area contributed by atoms with Gasteiger partial charge in [0, 0.05) is 23.7 Å². The van der Waals surface area contributed by atoms with Gasteiger partial charge in [-0.1, -0.05) is 11.6 Å². The lowest BCUT2D eigenvalue weighted by molar-refractivity contribution is 0.628. The van der Waals surface area contributed by atoms with Crippen LogP contribution in [0.1, 0.15) is 22.6 Å². The fourth-order valence-corrected chi connectivity index (χ4v) is 3.41. The van der Waals surface area contributed by atoms with Gasteiger partial charge in [0.1, 0.15) is 12.1 Å². The third kappa shape index (κ3) is 3.53. The number of hydrogen-bond donors (Lipinski definition) is 0. The van der Waals surface area contributed by atoms with Crippen LogP contribution in [0.15, 0.2) is 58.3 Å². The van der Waals surface area contributed by atoms with E-state index in [-0.39, 0.29) is 5.82 Å². The summed E-state index contributed by atoms with van der Waals surface area (Å²) in [5.41, 5.74) is 5.27. The van der Waals surface area contributed by atoms with Gasteiger partial charge in [0.15, 0.2) is 5.82 Å². The van der Waals surface area contributed by atoms with Crippen molar-refractivity contribution in [2.45, 2.75) is 20.3 Å². The van der Waals surface area contributed by atoms with Crippen LogP contribution in [0.25, 0.3) is 5.82 Å². The number of hydrogen-bond acceptors (Lipinski definition) is 4. The molecule has 2 aromatic heterocycles. The highest BCUT2D eigenvalue weighted by molar-refractivity contribution is 6.47. The first-order chi connectivity index (χ1) is 13.0. The summed E-state index contributed by atoms with van der Waals surface area (Å²) >= 11 is 6.55. The minimum absolute atomic E-state index is 0.282. The van der Waals surface area contributed by atoms with Crippen molar-refractivity contribution < 1.29 is 4.39 Å². The molecule has 5 nitrogen and oxygen atoms in total. The Balaban J connectivity index is 1.59. The maximum atomic E-state index is 13.1. The molecule has 1 aromatic carbocycles. The van der Waals surface area contributed by atoms with Gasteiger partial charge >= 0.3 is 0 Å². The van der Waals surface area contributed by atoms with Crippen molar-refractivity contribution in [3.63, 3.8) is 0 Å².